The van der Waals surface area contributed by atoms with Gasteiger partial charge < -0.3 is 0 Å². The van der Waals surface area contributed by atoms with Crippen LogP contribution in [0.1, 0.15) is 41.5 Å². The van der Waals surface area contributed by atoms with E-state index in [1.54, 1.807) is 11.1 Å². The van der Waals surface area contributed by atoms with E-state index in [0.29, 0.717) is 12.0 Å². The van der Waals surface area contributed by atoms with E-state index in [0.717, 1.165) is 0 Å². The van der Waals surface area contributed by atoms with Gasteiger partial charge in [-0.25, -0.2) is 0 Å². The third kappa shape index (κ3) is 2.09. The van der Waals surface area contributed by atoms with Crippen LogP contribution in [0.2, 0.25) is 0 Å². The molecule has 1 saturated heterocycles. The summed E-state index contributed by atoms with van der Waals surface area (Å²) in [6.45, 7) is 2.45. The Balaban J connectivity index is 1.80. The Kier molecular flexibility index (Phi) is 3.31. The Labute approximate surface area is 134 Å². The van der Waals surface area contributed by atoms with Crippen molar-refractivity contribution in [2.45, 2.75) is 24.8 Å². The summed E-state index contributed by atoms with van der Waals surface area (Å²) in [7, 11) is 0. The van der Waals surface area contributed by atoms with Gasteiger partial charge in [-0.1, -0.05) is 36.4 Å². The fourth-order valence-electron chi connectivity index (χ4n) is 3.84. The quantitative estimate of drug-likeness (QED) is 0.663. The van der Waals surface area contributed by atoms with E-state index in [1.165, 1.54) is 35.1 Å². The van der Waals surface area contributed by atoms with Crippen LogP contribution in [-0.4, -0.2) is 18.0 Å². The molecule has 2 aliphatic rings. The highest BCUT2D eigenvalue weighted by Gasteiger charge is 2.35. The highest BCUT2D eigenvalue weighted by atomic mass is 124. The maximum absolute atomic E-state index is 2.69. The minimum Gasteiger partial charge on any atom is -0.295 e. The van der Waals surface area contributed by atoms with Crippen LogP contribution in [0.25, 0.3) is 0 Å². The number of benzene rings is 2. The van der Waals surface area contributed by atoms with Gasteiger partial charge in [-0.3, -0.25) is 4.90 Å². The van der Waals surface area contributed by atoms with Crippen LogP contribution in [0.5, 0.6) is 0 Å². The highest BCUT2D eigenvalue weighted by Crippen LogP contribution is 2.43. The van der Waals surface area contributed by atoms with Crippen molar-refractivity contribution in [3.8, 4) is 0 Å². The molecule has 0 N–H and O–H groups in total. The molecular weight excluding hydrogens is 354 g/mol. The summed E-state index contributed by atoms with van der Waals surface area (Å²) in [6, 6.07) is 18.8. The molecule has 1 nitrogen and oxygen atoms in total. The lowest BCUT2D eigenvalue weighted by molar-refractivity contribution is 0.230. The highest BCUT2D eigenvalue weighted by molar-refractivity contribution is 14.1. The summed E-state index contributed by atoms with van der Waals surface area (Å²) in [4.78, 5) is 2.69. The van der Waals surface area contributed by atoms with Gasteiger partial charge in [0.1, 0.15) is 0 Å². The zero-order valence-electron chi connectivity index (χ0n) is 11.4. The van der Waals surface area contributed by atoms with Gasteiger partial charge in [0, 0.05) is 22.1 Å². The average molecular weight is 372 g/mol. The van der Waals surface area contributed by atoms with Crippen molar-refractivity contribution < 1.29 is 0 Å². The van der Waals surface area contributed by atoms with Gasteiger partial charge >= 0.3 is 0 Å². The molecule has 0 bridgehead atoms. The first-order chi connectivity index (χ1) is 9.83. The normalized spacial score (nSPS) is 25.2. The van der Waals surface area contributed by atoms with Gasteiger partial charge in [-0.2, -0.15) is 0 Å². The fraction of sp³-hybridized carbons (Fsp3) is 0.333. The van der Waals surface area contributed by atoms with E-state index < -0.39 is 0 Å². The molecule has 20 heavy (non-hydrogen) atoms. The van der Waals surface area contributed by atoms with Crippen LogP contribution >= 0.6 is 22.6 Å². The number of hydrogen-bond donors (Lipinski definition) is 0. The largest absolute Gasteiger partial charge is 0.295 e. The van der Waals surface area contributed by atoms with Gasteiger partial charge in [-0.05, 0) is 70.8 Å². The molecular formula is C18H18IN. The van der Waals surface area contributed by atoms with E-state index >= 15 is 0 Å². The van der Waals surface area contributed by atoms with Gasteiger partial charge in [0.15, 0.2) is 0 Å². The third-order valence-electron chi connectivity index (χ3n) is 4.78. The van der Waals surface area contributed by atoms with Crippen molar-refractivity contribution in [2.75, 3.05) is 13.1 Å². The lowest BCUT2D eigenvalue weighted by Gasteiger charge is -2.37. The summed E-state index contributed by atoms with van der Waals surface area (Å²) in [5.74, 6) is 0.539. The minimum atomic E-state index is 0.539. The van der Waals surface area contributed by atoms with Crippen LogP contribution in [0.4, 0.5) is 0 Å². The van der Waals surface area contributed by atoms with E-state index in [9.17, 15) is 0 Å². The molecule has 0 radical (unpaired) electrons. The Morgan fingerprint density at radius 3 is 2.50 bits per heavy atom. The van der Waals surface area contributed by atoms with Crippen molar-refractivity contribution in [1.29, 1.82) is 0 Å². The van der Waals surface area contributed by atoms with Gasteiger partial charge in [0.25, 0.3) is 0 Å². The molecule has 1 fully saturated rings. The zero-order valence-corrected chi connectivity index (χ0v) is 13.6. The molecule has 0 unspecified atom stereocenters. The first kappa shape index (κ1) is 12.8. The van der Waals surface area contributed by atoms with E-state index in [4.69, 9.17) is 0 Å². The Bertz CT molecular complexity index is 620. The minimum absolute atomic E-state index is 0.539. The molecule has 102 valence electrons. The van der Waals surface area contributed by atoms with Crippen LogP contribution in [0.15, 0.2) is 48.5 Å². The molecule has 2 aliphatic heterocycles. The average Bonchev–Trinajstić information content (AvgIpc) is 2.96. The van der Waals surface area contributed by atoms with Gasteiger partial charge in [-0.15, -0.1) is 0 Å². The van der Waals surface area contributed by atoms with Crippen LogP contribution in [-0.2, 0) is 0 Å². The lowest BCUT2D eigenvalue weighted by Crippen LogP contribution is -2.34. The van der Waals surface area contributed by atoms with Crippen LogP contribution in [0.3, 0.4) is 0 Å². The van der Waals surface area contributed by atoms with E-state index in [1.807, 2.05) is 0 Å². The fourth-order valence-corrected chi connectivity index (χ4v) is 4.20. The maximum Gasteiger partial charge on any atom is 0.0351 e. The third-order valence-corrected chi connectivity index (χ3v) is 5.50. The van der Waals surface area contributed by atoms with E-state index in [-0.39, 0.29) is 0 Å². The first-order valence-corrected chi connectivity index (χ1v) is 8.49. The maximum atomic E-state index is 2.69. The van der Waals surface area contributed by atoms with Crippen LogP contribution < -0.4 is 0 Å². The van der Waals surface area contributed by atoms with Crippen molar-refractivity contribution in [3.63, 3.8) is 0 Å². The molecule has 0 saturated carbocycles. The predicted octanol–water partition coefficient (Wildman–Crippen LogP) is 4.57. The summed E-state index contributed by atoms with van der Waals surface area (Å²) in [6.07, 6.45) is 2.68. The Morgan fingerprint density at radius 1 is 0.950 bits per heavy atom. The number of nitrogens with zero attached hydrogens (tertiary/aromatic N) is 1. The molecule has 2 aromatic rings. The van der Waals surface area contributed by atoms with Crippen molar-refractivity contribution in [3.05, 3.63) is 68.8 Å². The molecule has 2 aromatic carbocycles. The molecule has 2 heterocycles. The number of hydrogen-bond acceptors (Lipinski definition) is 1. The second-order valence-corrected chi connectivity index (χ2v) is 7.13. The molecule has 0 spiro atoms. The van der Waals surface area contributed by atoms with E-state index in [2.05, 4.69) is 76.0 Å². The number of rotatable bonds is 1. The smallest absolute Gasteiger partial charge is 0.0351 e. The number of halogens is 1. The summed E-state index contributed by atoms with van der Waals surface area (Å²) in [5, 5.41) is 0. The van der Waals surface area contributed by atoms with Crippen molar-refractivity contribution in [2.24, 2.45) is 0 Å². The Hall–Kier alpha value is -0.870. The molecule has 4 rings (SSSR count). The summed E-state index contributed by atoms with van der Waals surface area (Å²) >= 11 is 2.38. The summed E-state index contributed by atoms with van der Waals surface area (Å²) < 4.78 is 1.31. The zero-order chi connectivity index (χ0) is 13.5. The second-order valence-electron chi connectivity index (χ2n) is 5.89. The number of fused-ring (bicyclic) bond motifs is 3. The second kappa shape index (κ2) is 5.15. The Morgan fingerprint density at radius 2 is 1.70 bits per heavy atom. The molecule has 0 amide bonds. The summed E-state index contributed by atoms with van der Waals surface area (Å²) in [5.41, 5.74) is 4.58. The molecule has 2 heteroatoms. The molecule has 0 aromatic heterocycles. The standard InChI is InChI=1S/C18H18IN/c19-14-9-7-13(8-10-14)17-12-20-11-3-6-18(20)16-5-2-1-4-15(16)17/h1-2,4-5,7-10,17-18H,3,6,11-12H2/t17-,18+/m0/s1/i19-3. The monoisotopic (exact) mass is 372 g/mol. The molecule has 2 atom stereocenters. The SMILES string of the molecule is [124I]c1ccc([C@@H]2CN3CCC[C@@H]3c3ccccc32)cc1. The van der Waals surface area contributed by atoms with Crippen molar-refractivity contribution >= 4 is 22.6 Å². The van der Waals surface area contributed by atoms with Gasteiger partial charge in [0.05, 0.1) is 0 Å². The van der Waals surface area contributed by atoms with Gasteiger partial charge in [0.2, 0.25) is 0 Å². The predicted molar refractivity (Wildman–Crippen MR) is 91.0 cm³/mol. The van der Waals surface area contributed by atoms with Crippen molar-refractivity contribution in [1.82, 2.24) is 4.90 Å². The first-order valence-electron chi connectivity index (χ1n) is 7.41. The lowest BCUT2D eigenvalue weighted by atomic mass is 9.82. The molecule has 0 aliphatic carbocycles. The van der Waals surface area contributed by atoms with Crippen LogP contribution in [0, 0.1) is 3.57 Å². The topological polar surface area (TPSA) is 3.24 Å².